The molecule has 0 unspecified atom stereocenters. The van der Waals surface area contributed by atoms with Gasteiger partial charge in [0.05, 0.1) is 29.1 Å². The van der Waals surface area contributed by atoms with Gasteiger partial charge in [0.1, 0.15) is 11.4 Å². The molecule has 172 valence electrons. The second-order valence-corrected chi connectivity index (χ2v) is 7.70. The Morgan fingerprint density at radius 3 is 2.16 bits per heavy atom. The Balaban J connectivity index is 1.73. The van der Waals surface area contributed by atoms with Crippen LogP contribution in [0, 0.1) is 27.2 Å². The first-order chi connectivity index (χ1) is 15.5. The molecule has 2 aromatic carbocycles. The van der Waals surface area contributed by atoms with Crippen LogP contribution < -0.4 is 10.6 Å². The molecule has 0 spiro atoms. The quantitative estimate of drug-likeness (QED) is 0.307. The van der Waals surface area contributed by atoms with Gasteiger partial charge in [0.2, 0.25) is 0 Å². The van der Waals surface area contributed by atoms with Crippen molar-refractivity contribution in [2.45, 2.75) is 19.8 Å². The van der Waals surface area contributed by atoms with Crippen LogP contribution in [-0.4, -0.2) is 60.7 Å². The number of benzene rings is 2. The van der Waals surface area contributed by atoms with Crippen molar-refractivity contribution >= 4 is 22.7 Å². The molecule has 1 aliphatic rings. The van der Waals surface area contributed by atoms with Gasteiger partial charge in [0.25, 0.3) is 11.4 Å². The molecule has 10 nitrogen and oxygen atoms in total. The highest BCUT2D eigenvalue weighted by molar-refractivity contribution is 5.82. The number of rotatable bonds is 11. The third-order valence-corrected chi connectivity index (χ3v) is 5.54. The molecule has 1 heterocycles. The maximum absolute atomic E-state index is 11.6. The summed E-state index contributed by atoms with van der Waals surface area (Å²) >= 11 is 0. The Kier molecular flexibility index (Phi) is 8.34. The van der Waals surface area contributed by atoms with E-state index in [1.165, 1.54) is 0 Å². The lowest BCUT2D eigenvalue weighted by Crippen LogP contribution is -2.37. The van der Waals surface area contributed by atoms with Gasteiger partial charge >= 0.3 is 0 Å². The predicted molar refractivity (Wildman–Crippen MR) is 123 cm³/mol. The lowest BCUT2D eigenvalue weighted by molar-refractivity contribution is -0.393. The number of nitro benzene ring substituents is 2. The Morgan fingerprint density at radius 2 is 1.56 bits per heavy atom. The van der Waals surface area contributed by atoms with E-state index in [9.17, 15) is 20.2 Å². The fourth-order valence-electron chi connectivity index (χ4n) is 3.83. The van der Waals surface area contributed by atoms with E-state index >= 15 is 0 Å². The molecule has 1 aliphatic heterocycles. The van der Waals surface area contributed by atoms with E-state index in [1.54, 1.807) is 6.92 Å². The number of nitrogens with one attached hydrogen (secondary N) is 2. The standard InChI is InChI=1S/C22H29N5O5/c1-17-21(23-9-5-11-25-12-14-32-15-13-25)19(26(28)29)16-20(27(30)31)22(17)24-10-8-18-6-3-2-4-7-18/h2-4,6-7,16,23-24H,5,8-15H2,1H3. The van der Waals surface area contributed by atoms with Gasteiger partial charge in [-0.2, -0.15) is 0 Å². The van der Waals surface area contributed by atoms with Crippen molar-refractivity contribution in [1.82, 2.24) is 4.90 Å². The number of hydrogen-bond donors (Lipinski definition) is 2. The van der Waals surface area contributed by atoms with Crippen LogP contribution in [0.1, 0.15) is 17.5 Å². The van der Waals surface area contributed by atoms with Gasteiger partial charge in [0, 0.05) is 31.7 Å². The average Bonchev–Trinajstić information content (AvgIpc) is 2.79. The molecule has 0 aliphatic carbocycles. The van der Waals surface area contributed by atoms with Crippen molar-refractivity contribution < 1.29 is 14.6 Å². The molecule has 2 aromatic rings. The number of nitrogens with zero attached hydrogens (tertiary/aromatic N) is 3. The van der Waals surface area contributed by atoms with E-state index < -0.39 is 9.85 Å². The second kappa shape index (κ2) is 11.4. The van der Waals surface area contributed by atoms with Gasteiger partial charge < -0.3 is 15.4 Å². The maximum Gasteiger partial charge on any atom is 0.299 e. The normalized spacial score (nSPS) is 14.2. The van der Waals surface area contributed by atoms with Crippen LogP contribution in [0.25, 0.3) is 0 Å². The highest BCUT2D eigenvalue weighted by atomic mass is 16.6. The first kappa shape index (κ1) is 23.4. The van der Waals surface area contributed by atoms with E-state index in [2.05, 4.69) is 15.5 Å². The summed E-state index contributed by atoms with van der Waals surface area (Å²) in [5, 5.41) is 29.6. The molecule has 32 heavy (non-hydrogen) atoms. The minimum Gasteiger partial charge on any atom is -0.379 e. The van der Waals surface area contributed by atoms with E-state index in [0.717, 1.165) is 50.9 Å². The van der Waals surface area contributed by atoms with Gasteiger partial charge in [-0.25, -0.2) is 0 Å². The highest BCUT2D eigenvalue weighted by Crippen LogP contribution is 2.40. The molecular formula is C22H29N5O5. The summed E-state index contributed by atoms with van der Waals surface area (Å²) in [6.45, 7) is 6.74. The minimum absolute atomic E-state index is 0.283. The molecule has 3 rings (SSSR count). The minimum atomic E-state index is -0.576. The lowest BCUT2D eigenvalue weighted by Gasteiger charge is -2.26. The number of hydrogen-bond acceptors (Lipinski definition) is 8. The van der Waals surface area contributed by atoms with Crippen molar-refractivity contribution in [3.63, 3.8) is 0 Å². The van der Waals surface area contributed by atoms with E-state index in [4.69, 9.17) is 4.74 Å². The first-order valence-electron chi connectivity index (χ1n) is 10.8. The van der Waals surface area contributed by atoms with Crippen LogP contribution in [0.2, 0.25) is 0 Å². The average molecular weight is 444 g/mol. The van der Waals surface area contributed by atoms with Gasteiger partial charge in [-0.05, 0) is 31.9 Å². The zero-order valence-corrected chi connectivity index (χ0v) is 18.2. The molecule has 2 N–H and O–H groups in total. The van der Waals surface area contributed by atoms with Gasteiger partial charge in [0.15, 0.2) is 0 Å². The van der Waals surface area contributed by atoms with Crippen LogP contribution in [0.3, 0.4) is 0 Å². The van der Waals surface area contributed by atoms with Crippen LogP contribution in [0.4, 0.5) is 22.7 Å². The van der Waals surface area contributed by atoms with Crippen LogP contribution >= 0.6 is 0 Å². The molecule has 10 heteroatoms. The van der Waals surface area contributed by atoms with E-state index in [-0.39, 0.29) is 11.4 Å². The zero-order valence-electron chi connectivity index (χ0n) is 18.2. The summed E-state index contributed by atoms with van der Waals surface area (Å²) in [6.07, 6.45) is 1.47. The molecule has 0 atom stereocenters. The molecular weight excluding hydrogens is 414 g/mol. The van der Waals surface area contributed by atoms with E-state index in [1.807, 2.05) is 30.3 Å². The number of morpholine rings is 1. The molecule has 0 amide bonds. The van der Waals surface area contributed by atoms with Crippen LogP contribution in [0.5, 0.6) is 0 Å². The van der Waals surface area contributed by atoms with Gasteiger partial charge in [-0.15, -0.1) is 0 Å². The monoisotopic (exact) mass is 443 g/mol. The Bertz CT molecular complexity index is 932. The van der Waals surface area contributed by atoms with Crippen molar-refractivity contribution in [3.8, 4) is 0 Å². The predicted octanol–water partition coefficient (Wildman–Crippen LogP) is 3.60. The number of anilines is 2. The van der Waals surface area contributed by atoms with Crippen LogP contribution in [-0.2, 0) is 11.2 Å². The molecule has 0 saturated carbocycles. The molecule has 1 fully saturated rings. The SMILES string of the molecule is Cc1c(NCCCN2CCOCC2)c([N+](=O)[O-])cc([N+](=O)[O-])c1NCCc1ccccc1. The van der Waals surface area contributed by atoms with Crippen molar-refractivity contribution in [2.24, 2.45) is 0 Å². The van der Waals surface area contributed by atoms with Gasteiger partial charge in [-0.1, -0.05) is 30.3 Å². The third-order valence-electron chi connectivity index (χ3n) is 5.54. The first-order valence-corrected chi connectivity index (χ1v) is 10.8. The smallest absolute Gasteiger partial charge is 0.299 e. The van der Waals surface area contributed by atoms with Crippen molar-refractivity contribution in [1.29, 1.82) is 0 Å². The number of nitro groups is 2. The summed E-state index contributed by atoms with van der Waals surface area (Å²) in [4.78, 5) is 24.4. The summed E-state index contributed by atoms with van der Waals surface area (Å²) in [5.74, 6) is 0. The highest BCUT2D eigenvalue weighted by Gasteiger charge is 2.28. The zero-order chi connectivity index (χ0) is 22.9. The van der Waals surface area contributed by atoms with E-state index in [0.29, 0.717) is 36.4 Å². The molecule has 0 bridgehead atoms. The number of ether oxygens (including phenoxy) is 1. The summed E-state index contributed by atoms with van der Waals surface area (Å²) < 4.78 is 5.34. The summed E-state index contributed by atoms with van der Waals surface area (Å²) in [7, 11) is 0. The third kappa shape index (κ3) is 6.14. The fraction of sp³-hybridized carbons (Fsp3) is 0.455. The van der Waals surface area contributed by atoms with Crippen LogP contribution in [0.15, 0.2) is 36.4 Å². The topological polar surface area (TPSA) is 123 Å². The largest absolute Gasteiger partial charge is 0.379 e. The Labute approximate surface area is 186 Å². The second-order valence-electron chi connectivity index (χ2n) is 7.70. The Morgan fingerprint density at radius 1 is 0.969 bits per heavy atom. The molecule has 0 aromatic heterocycles. The summed E-state index contributed by atoms with van der Waals surface area (Å²) in [6, 6.07) is 10.8. The van der Waals surface area contributed by atoms with Crippen molar-refractivity contribution in [2.75, 3.05) is 56.6 Å². The maximum atomic E-state index is 11.6. The lowest BCUT2D eigenvalue weighted by atomic mass is 10.1. The van der Waals surface area contributed by atoms with Crippen molar-refractivity contribution in [3.05, 3.63) is 67.8 Å². The fourth-order valence-corrected chi connectivity index (χ4v) is 3.83. The molecule has 1 saturated heterocycles. The summed E-state index contributed by atoms with van der Waals surface area (Å²) in [5.41, 5.74) is 1.64. The van der Waals surface area contributed by atoms with Gasteiger partial charge in [-0.3, -0.25) is 25.1 Å². The molecule has 0 radical (unpaired) electrons. The Hall–Kier alpha value is -3.24.